The summed E-state index contributed by atoms with van der Waals surface area (Å²) in [6.07, 6.45) is 1.48. The van der Waals surface area contributed by atoms with Gasteiger partial charge in [0.25, 0.3) is 5.69 Å². The van der Waals surface area contributed by atoms with Crippen LogP contribution < -0.4 is 0 Å². The summed E-state index contributed by atoms with van der Waals surface area (Å²) in [6.45, 7) is 7.55. The van der Waals surface area contributed by atoms with E-state index in [1.807, 2.05) is 27.7 Å². The highest BCUT2D eigenvalue weighted by Crippen LogP contribution is 2.21. The minimum atomic E-state index is -1.37. The molecule has 1 aromatic rings. The Kier molecular flexibility index (Phi) is 5.71. The molecule has 0 aliphatic heterocycles. The molecule has 0 fully saturated rings. The van der Waals surface area contributed by atoms with Crippen LogP contribution in [0.25, 0.3) is 0 Å². The Labute approximate surface area is 122 Å². The molecular weight excluding hydrogens is 276 g/mol. The molecule has 0 heterocycles. The molecule has 110 valence electrons. The fraction of sp³-hybridized carbons (Fsp3) is 0.500. The molecule has 5 nitrogen and oxygen atoms in total. The fourth-order valence-electron chi connectivity index (χ4n) is 1.52. The molecule has 0 aliphatic carbocycles. The van der Waals surface area contributed by atoms with Crippen LogP contribution >= 0.6 is 0 Å². The average Bonchev–Trinajstić information content (AvgIpc) is 2.37. The second kappa shape index (κ2) is 6.85. The van der Waals surface area contributed by atoms with Crippen LogP contribution in [0.4, 0.5) is 5.69 Å². The van der Waals surface area contributed by atoms with Gasteiger partial charge >= 0.3 is 0 Å². The molecule has 20 heavy (non-hydrogen) atoms. The van der Waals surface area contributed by atoms with Gasteiger partial charge in [-0.1, -0.05) is 29.9 Å². The molecular formula is C14H20N2O3S. The summed E-state index contributed by atoms with van der Waals surface area (Å²) in [7, 11) is 0. The largest absolute Gasteiger partial charge is 0.591 e. The smallest absolute Gasteiger partial charge is 0.270 e. The monoisotopic (exact) mass is 296 g/mol. The molecule has 0 aromatic heterocycles. The van der Waals surface area contributed by atoms with Crippen LogP contribution in [0.1, 0.15) is 46.1 Å². The Morgan fingerprint density at radius 3 is 2.55 bits per heavy atom. The minimum Gasteiger partial charge on any atom is -0.591 e. The van der Waals surface area contributed by atoms with E-state index in [4.69, 9.17) is 0 Å². The van der Waals surface area contributed by atoms with Gasteiger partial charge in [0.15, 0.2) is 0 Å². The number of rotatable bonds is 5. The highest BCUT2D eigenvalue weighted by atomic mass is 32.2. The average molecular weight is 296 g/mol. The van der Waals surface area contributed by atoms with Crippen LogP contribution in [0, 0.1) is 10.1 Å². The molecule has 6 heteroatoms. The molecule has 0 saturated carbocycles. The second-order valence-electron chi connectivity index (χ2n) is 5.46. The van der Waals surface area contributed by atoms with Gasteiger partial charge in [0, 0.05) is 17.7 Å². The summed E-state index contributed by atoms with van der Waals surface area (Å²) in [5.41, 5.74) is 1.34. The third-order valence-electron chi connectivity index (χ3n) is 2.59. The predicted molar refractivity (Wildman–Crippen MR) is 82.4 cm³/mol. The third kappa shape index (κ3) is 4.61. The SMILES string of the molecule is CCC/C(=N\[S@+]([O-])C(C)(C)C)c1cccc([N+](=O)[O-])c1. The Balaban J connectivity index is 3.17. The lowest BCUT2D eigenvalue weighted by Crippen LogP contribution is -2.27. The first-order valence-corrected chi connectivity index (χ1v) is 7.60. The lowest BCUT2D eigenvalue weighted by Gasteiger charge is -2.19. The lowest BCUT2D eigenvalue weighted by molar-refractivity contribution is -0.384. The zero-order chi connectivity index (χ0) is 15.3. The number of nitro benzene ring substituents is 1. The lowest BCUT2D eigenvalue weighted by atomic mass is 10.1. The molecule has 0 saturated heterocycles. The van der Waals surface area contributed by atoms with Crippen molar-refractivity contribution < 1.29 is 9.48 Å². The molecule has 0 bridgehead atoms. The third-order valence-corrected chi connectivity index (χ3v) is 4.03. The number of benzene rings is 1. The summed E-state index contributed by atoms with van der Waals surface area (Å²) < 4.78 is 16.0. The van der Waals surface area contributed by atoms with Crippen molar-refractivity contribution in [2.75, 3.05) is 0 Å². The number of nitro groups is 1. The van der Waals surface area contributed by atoms with Crippen molar-refractivity contribution in [3.8, 4) is 0 Å². The van der Waals surface area contributed by atoms with E-state index in [9.17, 15) is 14.7 Å². The molecule has 0 aliphatic rings. The minimum absolute atomic E-state index is 0.0212. The summed E-state index contributed by atoms with van der Waals surface area (Å²) in [6, 6.07) is 6.31. The Hall–Kier alpha value is -1.40. The Morgan fingerprint density at radius 2 is 2.05 bits per heavy atom. The second-order valence-corrected chi connectivity index (χ2v) is 7.36. The van der Waals surface area contributed by atoms with Crippen LogP contribution in [0.2, 0.25) is 0 Å². The summed E-state index contributed by atoms with van der Waals surface area (Å²) in [5.74, 6) is 0. The van der Waals surface area contributed by atoms with E-state index in [0.717, 1.165) is 6.42 Å². The standard InChI is InChI=1S/C14H20N2O3S/c1-5-7-13(15-20(19)14(2,3)4)11-8-6-9-12(10-11)16(17)18/h6,8-10H,5,7H2,1-4H3/b15-13+/t20-/m1/s1. The molecule has 0 amide bonds. The predicted octanol–water partition coefficient (Wildman–Crippen LogP) is 3.65. The quantitative estimate of drug-likeness (QED) is 0.360. The molecule has 1 aromatic carbocycles. The first kappa shape index (κ1) is 16.7. The van der Waals surface area contributed by atoms with E-state index >= 15 is 0 Å². The number of hydrogen-bond acceptors (Lipinski definition) is 4. The van der Waals surface area contributed by atoms with E-state index in [0.29, 0.717) is 17.7 Å². The molecule has 1 atom stereocenters. The van der Waals surface area contributed by atoms with Gasteiger partial charge in [-0.3, -0.25) is 10.1 Å². The van der Waals surface area contributed by atoms with Gasteiger partial charge in [-0.05, 0) is 27.2 Å². The highest BCUT2D eigenvalue weighted by molar-refractivity contribution is 7.91. The number of nitrogens with zero attached hydrogens (tertiary/aromatic N) is 2. The van der Waals surface area contributed by atoms with E-state index < -0.39 is 21.0 Å². The molecule has 0 N–H and O–H groups in total. The van der Waals surface area contributed by atoms with Crippen molar-refractivity contribution in [3.63, 3.8) is 0 Å². The van der Waals surface area contributed by atoms with Gasteiger partial charge in [0.2, 0.25) is 0 Å². The normalized spacial score (nSPS) is 14.2. The number of hydrogen-bond donors (Lipinski definition) is 0. The highest BCUT2D eigenvalue weighted by Gasteiger charge is 2.27. The van der Waals surface area contributed by atoms with Gasteiger partial charge in [0.1, 0.15) is 16.1 Å². The maximum atomic E-state index is 12.1. The van der Waals surface area contributed by atoms with Gasteiger partial charge < -0.3 is 4.55 Å². The topological polar surface area (TPSA) is 78.6 Å². The maximum Gasteiger partial charge on any atom is 0.270 e. The van der Waals surface area contributed by atoms with Crippen molar-refractivity contribution in [2.45, 2.75) is 45.3 Å². The molecule has 0 spiro atoms. The van der Waals surface area contributed by atoms with Gasteiger partial charge in [-0.15, -0.1) is 0 Å². The Morgan fingerprint density at radius 1 is 1.40 bits per heavy atom. The van der Waals surface area contributed by atoms with E-state index in [1.54, 1.807) is 12.1 Å². The molecule has 0 radical (unpaired) electrons. The van der Waals surface area contributed by atoms with Crippen LogP contribution in [0.3, 0.4) is 0 Å². The first-order chi connectivity index (χ1) is 9.25. The van der Waals surface area contributed by atoms with Crippen LogP contribution in [-0.4, -0.2) is 19.9 Å². The van der Waals surface area contributed by atoms with Crippen molar-refractivity contribution in [2.24, 2.45) is 4.40 Å². The van der Waals surface area contributed by atoms with Crippen molar-refractivity contribution in [3.05, 3.63) is 39.9 Å². The van der Waals surface area contributed by atoms with Crippen molar-refractivity contribution in [1.82, 2.24) is 0 Å². The van der Waals surface area contributed by atoms with Crippen LogP contribution in [0.5, 0.6) is 0 Å². The first-order valence-electron chi connectivity index (χ1n) is 6.50. The van der Waals surface area contributed by atoms with E-state index in [-0.39, 0.29) is 5.69 Å². The number of non-ortho nitro benzene ring substituents is 1. The summed E-state index contributed by atoms with van der Waals surface area (Å²) in [4.78, 5) is 10.4. The van der Waals surface area contributed by atoms with Gasteiger partial charge in [-0.25, -0.2) is 0 Å². The van der Waals surface area contributed by atoms with Gasteiger partial charge in [-0.2, -0.15) is 0 Å². The Bertz CT molecular complexity index is 509. The van der Waals surface area contributed by atoms with Crippen molar-refractivity contribution >= 4 is 22.8 Å². The van der Waals surface area contributed by atoms with E-state index in [1.165, 1.54) is 12.1 Å². The van der Waals surface area contributed by atoms with Crippen molar-refractivity contribution in [1.29, 1.82) is 0 Å². The maximum absolute atomic E-state index is 12.1. The van der Waals surface area contributed by atoms with Crippen LogP contribution in [0.15, 0.2) is 28.7 Å². The fourth-order valence-corrected chi connectivity index (χ4v) is 2.19. The summed E-state index contributed by atoms with van der Waals surface area (Å²) >= 11 is -1.37. The zero-order valence-electron chi connectivity index (χ0n) is 12.3. The molecule has 0 unspecified atom stereocenters. The zero-order valence-corrected chi connectivity index (χ0v) is 13.1. The molecule has 1 rings (SSSR count). The van der Waals surface area contributed by atoms with E-state index in [2.05, 4.69) is 4.40 Å². The van der Waals surface area contributed by atoms with Crippen LogP contribution in [-0.2, 0) is 11.4 Å². The van der Waals surface area contributed by atoms with Gasteiger partial charge in [0.05, 0.1) is 10.6 Å². The summed E-state index contributed by atoms with van der Waals surface area (Å²) in [5, 5.41) is 10.8.